The van der Waals surface area contributed by atoms with Crippen molar-refractivity contribution < 1.29 is 14.5 Å². The molecular formula is C18H18N2O4. The molecule has 2 rings (SSSR count). The fourth-order valence-corrected chi connectivity index (χ4v) is 1.99. The van der Waals surface area contributed by atoms with Gasteiger partial charge in [-0.3, -0.25) is 14.9 Å². The second-order valence-electron chi connectivity index (χ2n) is 5.09. The molecule has 1 N–H and O–H groups in total. The summed E-state index contributed by atoms with van der Waals surface area (Å²) in [6.45, 7) is 2.72. The first-order valence-corrected chi connectivity index (χ1v) is 7.45. The summed E-state index contributed by atoms with van der Waals surface area (Å²) in [6.07, 6.45) is 2.98. The van der Waals surface area contributed by atoms with Crippen molar-refractivity contribution in [3.05, 3.63) is 75.8 Å². The van der Waals surface area contributed by atoms with Crippen LogP contribution in [0.3, 0.4) is 0 Å². The van der Waals surface area contributed by atoms with Crippen LogP contribution >= 0.6 is 0 Å². The number of carbonyl (C=O) groups is 1. The fourth-order valence-electron chi connectivity index (χ4n) is 1.99. The molecule has 0 saturated carbocycles. The minimum Gasteiger partial charge on any atom is -0.491 e. The first-order chi connectivity index (χ1) is 11.6. The molecule has 1 amide bonds. The summed E-state index contributed by atoms with van der Waals surface area (Å²) < 4.78 is 5.58. The van der Waals surface area contributed by atoms with Crippen LogP contribution in [-0.4, -0.2) is 24.0 Å². The van der Waals surface area contributed by atoms with Gasteiger partial charge in [-0.1, -0.05) is 18.2 Å². The SMILES string of the molecule is Cc1ccccc1OCCNC(=O)/C=C/c1ccc([N+](=O)[O-])cc1. The van der Waals surface area contributed by atoms with Gasteiger partial charge in [0.25, 0.3) is 5.69 Å². The van der Waals surface area contributed by atoms with Crippen LogP contribution < -0.4 is 10.1 Å². The summed E-state index contributed by atoms with van der Waals surface area (Å²) in [5, 5.41) is 13.3. The van der Waals surface area contributed by atoms with Crippen molar-refractivity contribution in [3.8, 4) is 5.75 Å². The quantitative estimate of drug-likeness (QED) is 0.367. The molecule has 0 aliphatic rings. The molecule has 0 unspecified atom stereocenters. The maximum absolute atomic E-state index is 11.7. The molecule has 0 aromatic heterocycles. The van der Waals surface area contributed by atoms with Gasteiger partial charge in [0, 0.05) is 18.2 Å². The number of carbonyl (C=O) groups excluding carboxylic acids is 1. The van der Waals surface area contributed by atoms with Crippen LogP contribution in [0.5, 0.6) is 5.75 Å². The van der Waals surface area contributed by atoms with E-state index in [1.165, 1.54) is 18.2 Å². The third-order valence-electron chi connectivity index (χ3n) is 3.28. The zero-order chi connectivity index (χ0) is 17.4. The number of ether oxygens (including phenoxy) is 1. The van der Waals surface area contributed by atoms with Crippen LogP contribution in [0.1, 0.15) is 11.1 Å². The lowest BCUT2D eigenvalue weighted by Crippen LogP contribution is -2.26. The Morgan fingerprint density at radius 3 is 2.58 bits per heavy atom. The average molecular weight is 326 g/mol. The van der Waals surface area contributed by atoms with E-state index in [1.54, 1.807) is 18.2 Å². The monoisotopic (exact) mass is 326 g/mol. The zero-order valence-corrected chi connectivity index (χ0v) is 13.3. The maximum Gasteiger partial charge on any atom is 0.269 e. The highest BCUT2D eigenvalue weighted by Crippen LogP contribution is 2.15. The lowest BCUT2D eigenvalue weighted by molar-refractivity contribution is -0.384. The third kappa shape index (κ3) is 5.24. The van der Waals surface area contributed by atoms with Crippen molar-refractivity contribution in [2.45, 2.75) is 6.92 Å². The standard InChI is InChI=1S/C18H18N2O4/c1-14-4-2-3-5-17(14)24-13-12-19-18(21)11-8-15-6-9-16(10-7-15)20(22)23/h2-11H,12-13H2,1H3,(H,19,21)/b11-8+. The predicted octanol–water partition coefficient (Wildman–Crippen LogP) is 3.11. The van der Waals surface area contributed by atoms with E-state index in [1.807, 2.05) is 31.2 Å². The van der Waals surface area contributed by atoms with Crippen LogP contribution in [0.15, 0.2) is 54.6 Å². The first-order valence-electron chi connectivity index (χ1n) is 7.45. The first kappa shape index (κ1) is 17.2. The van der Waals surface area contributed by atoms with Crippen LogP contribution in [0.4, 0.5) is 5.69 Å². The summed E-state index contributed by atoms with van der Waals surface area (Å²) in [5.41, 5.74) is 1.78. The zero-order valence-electron chi connectivity index (χ0n) is 13.3. The molecule has 0 spiro atoms. The Morgan fingerprint density at radius 1 is 1.21 bits per heavy atom. The van der Waals surface area contributed by atoms with Gasteiger partial charge in [-0.15, -0.1) is 0 Å². The Kier molecular flexibility index (Phi) is 6.08. The van der Waals surface area contributed by atoms with Gasteiger partial charge in [-0.05, 0) is 42.3 Å². The number of nitro benzene ring substituents is 1. The molecule has 0 heterocycles. The van der Waals surface area contributed by atoms with E-state index in [0.29, 0.717) is 18.7 Å². The van der Waals surface area contributed by atoms with Crippen molar-refractivity contribution in [3.63, 3.8) is 0 Å². The Morgan fingerprint density at radius 2 is 1.92 bits per heavy atom. The molecule has 0 fully saturated rings. The molecule has 124 valence electrons. The van der Waals surface area contributed by atoms with E-state index in [9.17, 15) is 14.9 Å². The Labute approximate surface area is 139 Å². The molecule has 0 radical (unpaired) electrons. The molecule has 2 aromatic rings. The Bertz CT molecular complexity index is 739. The third-order valence-corrected chi connectivity index (χ3v) is 3.28. The minimum atomic E-state index is -0.464. The number of hydrogen-bond acceptors (Lipinski definition) is 4. The Hall–Kier alpha value is -3.15. The molecule has 0 aliphatic heterocycles. The fraction of sp³-hybridized carbons (Fsp3) is 0.167. The lowest BCUT2D eigenvalue weighted by atomic mass is 10.2. The predicted molar refractivity (Wildman–Crippen MR) is 91.8 cm³/mol. The highest BCUT2D eigenvalue weighted by molar-refractivity contribution is 5.91. The summed E-state index contributed by atoms with van der Waals surface area (Å²) in [7, 11) is 0. The van der Waals surface area contributed by atoms with E-state index < -0.39 is 4.92 Å². The van der Waals surface area contributed by atoms with Gasteiger partial charge in [-0.25, -0.2) is 0 Å². The van der Waals surface area contributed by atoms with E-state index in [-0.39, 0.29) is 11.6 Å². The summed E-state index contributed by atoms with van der Waals surface area (Å²) in [5.74, 6) is 0.551. The van der Waals surface area contributed by atoms with E-state index in [2.05, 4.69) is 5.32 Å². The lowest BCUT2D eigenvalue weighted by Gasteiger charge is -2.08. The molecule has 0 atom stereocenters. The summed E-state index contributed by atoms with van der Waals surface area (Å²) in [6, 6.07) is 13.6. The van der Waals surface area contributed by atoms with Crippen molar-refractivity contribution in [2.24, 2.45) is 0 Å². The number of nitrogens with one attached hydrogen (secondary N) is 1. The smallest absolute Gasteiger partial charge is 0.269 e. The summed E-state index contributed by atoms with van der Waals surface area (Å²) in [4.78, 5) is 21.8. The van der Waals surface area contributed by atoms with Crippen molar-refractivity contribution in [2.75, 3.05) is 13.2 Å². The summed E-state index contributed by atoms with van der Waals surface area (Å²) >= 11 is 0. The second kappa shape index (κ2) is 8.47. The molecule has 24 heavy (non-hydrogen) atoms. The van der Waals surface area contributed by atoms with Crippen LogP contribution in [0.2, 0.25) is 0 Å². The number of non-ortho nitro benzene ring substituents is 1. The average Bonchev–Trinajstić information content (AvgIpc) is 2.58. The topological polar surface area (TPSA) is 81.5 Å². The highest BCUT2D eigenvalue weighted by Gasteiger charge is 2.03. The number of aryl methyl sites for hydroxylation is 1. The molecule has 6 nitrogen and oxygen atoms in total. The van der Waals surface area contributed by atoms with E-state index in [4.69, 9.17) is 4.74 Å². The van der Waals surface area contributed by atoms with Gasteiger partial charge in [0.1, 0.15) is 12.4 Å². The molecular weight excluding hydrogens is 308 g/mol. The van der Waals surface area contributed by atoms with Gasteiger partial charge in [-0.2, -0.15) is 0 Å². The van der Waals surface area contributed by atoms with Crippen molar-refractivity contribution in [1.29, 1.82) is 0 Å². The molecule has 0 saturated heterocycles. The van der Waals surface area contributed by atoms with Gasteiger partial charge < -0.3 is 10.1 Å². The van der Waals surface area contributed by atoms with Gasteiger partial charge >= 0.3 is 0 Å². The highest BCUT2D eigenvalue weighted by atomic mass is 16.6. The number of nitro groups is 1. The van der Waals surface area contributed by atoms with Crippen molar-refractivity contribution >= 4 is 17.7 Å². The normalized spacial score (nSPS) is 10.5. The van der Waals surface area contributed by atoms with E-state index in [0.717, 1.165) is 11.3 Å². The van der Waals surface area contributed by atoms with Crippen LogP contribution in [0.25, 0.3) is 6.08 Å². The van der Waals surface area contributed by atoms with E-state index >= 15 is 0 Å². The van der Waals surface area contributed by atoms with Crippen LogP contribution in [-0.2, 0) is 4.79 Å². The number of amides is 1. The maximum atomic E-state index is 11.7. The largest absolute Gasteiger partial charge is 0.491 e. The number of para-hydroxylation sites is 1. The van der Waals surface area contributed by atoms with Crippen LogP contribution in [0, 0.1) is 17.0 Å². The Balaban J connectivity index is 1.74. The molecule has 6 heteroatoms. The second-order valence-corrected chi connectivity index (χ2v) is 5.09. The van der Waals surface area contributed by atoms with Gasteiger partial charge in [0.05, 0.1) is 11.5 Å². The number of benzene rings is 2. The molecule has 0 bridgehead atoms. The number of rotatable bonds is 7. The number of nitrogens with zero attached hydrogens (tertiary/aromatic N) is 1. The van der Waals surface area contributed by atoms with Gasteiger partial charge in [0.2, 0.25) is 5.91 Å². The molecule has 2 aromatic carbocycles. The van der Waals surface area contributed by atoms with Crippen molar-refractivity contribution in [1.82, 2.24) is 5.32 Å². The number of hydrogen-bond donors (Lipinski definition) is 1. The van der Waals surface area contributed by atoms with Gasteiger partial charge in [0.15, 0.2) is 0 Å². The minimum absolute atomic E-state index is 0.0185. The molecule has 0 aliphatic carbocycles.